The second-order valence-electron chi connectivity index (χ2n) is 5.43. The van der Waals surface area contributed by atoms with E-state index in [9.17, 15) is 23.1 Å². The van der Waals surface area contributed by atoms with Crippen LogP contribution in [0.4, 0.5) is 0 Å². The molecule has 1 amide bonds. The Hall–Kier alpha value is -1.93. The molecule has 0 aliphatic carbocycles. The van der Waals surface area contributed by atoms with Crippen molar-refractivity contribution in [2.75, 3.05) is 19.6 Å². The van der Waals surface area contributed by atoms with Crippen LogP contribution in [0.1, 0.15) is 19.3 Å². The minimum absolute atomic E-state index is 0.0108. The molecule has 1 fully saturated rings. The Bertz CT molecular complexity index is 660. The predicted octanol–water partition coefficient (Wildman–Crippen LogP) is -0.656. The van der Waals surface area contributed by atoms with Gasteiger partial charge in [-0.2, -0.15) is 4.31 Å². The fourth-order valence-electron chi connectivity index (χ4n) is 2.55. The average molecular weight is 339 g/mol. The number of carbonyl (C=O) groups excluding carboxylic acids is 2. The number of sulfonamides is 1. The Morgan fingerprint density at radius 3 is 2.61 bits per heavy atom. The minimum atomic E-state index is -3.61. The molecule has 1 aliphatic heterocycles. The van der Waals surface area contributed by atoms with E-state index >= 15 is 0 Å². The van der Waals surface area contributed by atoms with Crippen LogP contribution in [0.3, 0.4) is 0 Å². The molecular weight excluding hydrogens is 320 g/mol. The van der Waals surface area contributed by atoms with Crippen molar-refractivity contribution >= 4 is 21.9 Å². The molecule has 0 bridgehead atoms. The molecule has 1 saturated heterocycles. The van der Waals surface area contributed by atoms with Crippen molar-refractivity contribution in [3.05, 3.63) is 30.3 Å². The molecule has 0 spiro atoms. The summed E-state index contributed by atoms with van der Waals surface area (Å²) in [6, 6.07) is 8.10. The lowest BCUT2D eigenvalue weighted by atomic mass is 9.99. The van der Waals surface area contributed by atoms with Crippen LogP contribution >= 0.6 is 0 Å². The summed E-state index contributed by atoms with van der Waals surface area (Å²) < 4.78 is 26.4. The van der Waals surface area contributed by atoms with Crippen LogP contribution in [0.5, 0.6) is 0 Å². The SMILES string of the molecule is O=C([O-])CCNC(=O)[C@@H]1CCCN(S(=O)(=O)c2ccccc2)C1. The molecule has 1 atom stereocenters. The first-order valence-electron chi connectivity index (χ1n) is 7.44. The van der Waals surface area contributed by atoms with Crippen LogP contribution in [-0.4, -0.2) is 44.2 Å². The van der Waals surface area contributed by atoms with Gasteiger partial charge in [0.15, 0.2) is 0 Å². The highest BCUT2D eigenvalue weighted by atomic mass is 32.2. The predicted molar refractivity (Wildman–Crippen MR) is 80.6 cm³/mol. The Morgan fingerprint density at radius 2 is 1.96 bits per heavy atom. The van der Waals surface area contributed by atoms with E-state index in [1.807, 2.05) is 0 Å². The maximum atomic E-state index is 12.6. The van der Waals surface area contributed by atoms with Gasteiger partial charge in [-0.05, 0) is 25.0 Å². The summed E-state index contributed by atoms with van der Waals surface area (Å²) in [5, 5.41) is 12.9. The van der Waals surface area contributed by atoms with E-state index in [0.717, 1.165) is 0 Å². The number of aliphatic carboxylic acids is 1. The first-order valence-corrected chi connectivity index (χ1v) is 8.88. The molecule has 0 unspecified atom stereocenters. The normalized spacial score (nSPS) is 19.2. The Balaban J connectivity index is 2.00. The van der Waals surface area contributed by atoms with E-state index in [4.69, 9.17) is 0 Å². The molecule has 1 heterocycles. The fraction of sp³-hybridized carbons (Fsp3) is 0.467. The third-order valence-electron chi connectivity index (χ3n) is 3.76. The first-order chi connectivity index (χ1) is 10.9. The van der Waals surface area contributed by atoms with E-state index in [1.54, 1.807) is 18.2 Å². The quantitative estimate of drug-likeness (QED) is 0.741. The van der Waals surface area contributed by atoms with Gasteiger partial charge in [-0.1, -0.05) is 18.2 Å². The second-order valence-corrected chi connectivity index (χ2v) is 7.37. The second kappa shape index (κ2) is 7.56. The molecule has 23 heavy (non-hydrogen) atoms. The molecule has 1 N–H and O–H groups in total. The number of nitrogens with zero attached hydrogens (tertiary/aromatic N) is 1. The van der Waals surface area contributed by atoms with Gasteiger partial charge >= 0.3 is 0 Å². The van der Waals surface area contributed by atoms with Gasteiger partial charge in [0.05, 0.1) is 10.8 Å². The molecular formula is C15H19N2O5S-. The van der Waals surface area contributed by atoms with Gasteiger partial charge in [0.25, 0.3) is 0 Å². The fourth-order valence-corrected chi connectivity index (χ4v) is 4.09. The van der Waals surface area contributed by atoms with Crippen LogP contribution in [0.15, 0.2) is 35.2 Å². The van der Waals surface area contributed by atoms with Crippen molar-refractivity contribution in [1.29, 1.82) is 0 Å². The summed E-state index contributed by atoms with van der Waals surface area (Å²) in [4.78, 5) is 22.6. The number of carbonyl (C=O) groups is 2. The van der Waals surface area contributed by atoms with Crippen LogP contribution in [0, 0.1) is 5.92 Å². The van der Waals surface area contributed by atoms with Crippen LogP contribution < -0.4 is 10.4 Å². The van der Waals surface area contributed by atoms with Crippen LogP contribution in [0.25, 0.3) is 0 Å². The number of piperidine rings is 1. The molecule has 1 aromatic rings. The molecule has 0 saturated carbocycles. The zero-order chi connectivity index (χ0) is 16.9. The molecule has 2 rings (SSSR count). The third-order valence-corrected chi connectivity index (χ3v) is 5.64. The molecule has 0 radical (unpaired) electrons. The topological polar surface area (TPSA) is 107 Å². The molecule has 1 aromatic carbocycles. The summed E-state index contributed by atoms with van der Waals surface area (Å²) in [6.07, 6.45) is 0.910. The van der Waals surface area contributed by atoms with Crippen molar-refractivity contribution in [2.24, 2.45) is 5.92 Å². The van der Waals surface area contributed by atoms with E-state index < -0.39 is 21.9 Å². The number of hydrogen-bond acceptors (Lipinski definition) is 5. The van der Waals surface area contributed by atoms with Crippen LogP contribution in [0.2, 0.25) is 0 Å². The van der Waals surface area contributed by atoms with E-state index in [2.05, 4.69) is 5.32 Å². The summed E-state index contributed by atoms with van der Waals surface area (Å²) in [7, 11) is -3.61. The lowest BCUT2D eigenvalue weighted by molar-refractivity contribution is -0.305. The van der Waals surface area contributed by atoms with Gasteiger partial charge in [0, 0.05) is 32.0 Å². The van der Waals surface area contributed by atoms with Crippen LogP contribution in [-0.2, 0) is 19.6 Å². The third kappa shape index (κ3) is 4.52. The van der Waals surface area contributed by atoms with E-state index in [0.29, 0.717) is 19.4 Å². The lowest BCUT2D eigenvalue weighted by Gasteiger charge is -2.31. The van der Waals surface area contributed by atoms with Crippen molar-refractivity contribution in [2.45, 2.75) is 24.2 Å². The summed E-state index contributed by atoms with van der Waals surface area (Å²) in [6.45, 7) is 0.470. The molecule has 7 nitrogen and oxygen atoms in total. The Labute approximate surface area is 135 Å². The molecule has 0 aromatic heterocycles. The Morgan fingerprint density at radius 1 is 1.26 bits per heavy atom. The summed E-state index contributed by atoms with van der Waals surface area (Å²) in [5.74, 6) is -2.02. The number of carboxylic acid groups (broad SMARTS) is 1. The molecule has 1 aliphatic rings. The van der Waals surface area contributed by atoms with Gasteiger partial charge in [0.1, 0.15) is 0 Å². The van der Waals surface area contributed by atoms with Crippen molar-refractivity contribution in [3.63, 3.8) is 0 Å². The number of rotatable bonds is 6. The van der Waals surface area contributed by atoms with Crippen molar-refractivity contribution in [3.8, 4) is 0 Å². The number of nitrogens with one attached hydrogen (secondary N) is 1. The zero-order valence-corrected chi connectivity index (χ0v) is 13.4. The van der Waals surface area contributed by atoms with Gasteiger partial charge in [-0.3, -0.25) is 4.79 Å². The standard InChI is InChI=1S/C15H20N2O5S/c18-14(19)8-9-16-15(20)12-5-4-10-17(11-12)23(21,22)13-6-2-1-3-7-13/h1-3,6-7,12H,4-5,8-11H2,(H,16,20)(H,18,19)/p-1/t12-/m1/s1. The number of carboxylic acids is 1. The average Bonchev–Trinajstić information content (AvgIpc) is 2.55. The maximum Gasteiger partial charge on any atom is 0.243 e. The Kier molecular flexibility index (Phi) is 5.73. The number of hydrogen-bond donors (Lipinski definition) is 1. The van der Waals surface area contributed by atoms with Crippen molar-refractivity contribution < 1.29 is 23.1 Å². The van der Waals surface area contributed by atoms with Crippen molar-refractivity contribution in [1.82, 2.24) is 9.62 Å². The highest BCUT2D eigenvalue weighted by Crippen LogP contribution is 2.23. The first kappa shape index (κ1) is 17.4. The molecule has 126 valence electrons. The highest BCUT2D eigenvalue weighted by molar-refractivity contribution is 7.89. The summed E-state index contributed by atoms with van der Waals surface area (Å²) >= 11 is 0. The number of benzene rings is 1. The van der Waals surface area contributed by atoms with Gasteiger partial charge < -0.3 is 15.2 Å². The van der Waals surface area contributed by atoms with Gasteiger partial charge in [-0.15, -0.1) is 0 Å². The van der Waals surface area contributed by atoms with Gasteiger partial charge in [0.2, 0.25) is 15.9 Å². The molecule has 8 heteroatoms. The monoisotopic (exact) mass is 339 g/mol. The van der Waals surface area contributed by atoms with E-state index in [-0.39, 0.29) is 30.3 Å². The van der Waals surface area contributed by atoms with Gasteiger partial charge in [-0.25, -0.2) is 8.42 Å². The maximum absolute atomic E-state index is 12.6. The minimum Gasteiger partial charge on any atom is -0.550 e. The largest absolute Gasteiger partial charge is 0.550 e. The smallest absolute Gasteiger partial charge is 0.243 e. The zero-order valence-electron chi connectivity index (χ0n) is 12.6. The number of amides is 1. The highest BCUT2D eigenvalue weighted by Gasteiger charge is 2.33. The lowest BCUT2D eigenvalue weighted by Crippen LogP contribution is -2.45. The summed E-state index contributed by atoms with van der Waals surface area (Å²) in [5.41, 5.74) is 0. The van der Waals surface area contributed by atoms with E-state index in [1.165, 1.54) is 16.4 Å².